The van der Waals surface area contributed by atoms with Crippen LogP contribution in [0, 0.1) is 5.92 Å². The second-order valence-electron chi connectivity index (χ2n) is 8.54. The minimum Gasteiger partial charge on any atom is -0.325 e. The molecular formula is C25H27N3O4S. The number of benzene rings is 3. The number of hydrogen-bond donors (Lipinski definition) is 2. The van der Waals surface area contributed by atoms with Crippen LogP contribution in [0.1, 0.15) is 26.7 Å². The molecule has 2 amide bonds. The Labute approximate surface area is 193 Å². The maximum atomic E-state index is 13.1. The van der Waals surface area contributed by atoms with E-state index in [9.17, 15) is 18.0 Å². The average Bonchev–Trinajstić information content (AvgIpc) is 3.23. The van der Waals surface area contributed by atoms with Crippen molar-refractivity contribution in [2.75, 3.05) is 16.8 Å². The van der Waals surface area contributed by atoms with Gasteiger partial charge < -0.3 is 10.2 Å². The van der Waals surface area contributed by atoms with Gasteiger partial charge in [-0.05, 0) is 53.4 Å². The van der Waals surface area contributed by atoms with E-state index < -0.39 is 22.0 Å². The first-order valence-corrected chi connectivity index (χ1v) is 12.5. The van der Waals surface area contributed by atoms with Crippen molar-refractivity contribution in [1.82, 2.24) is 4.72 Å². The molecule has 1 saturated heterocycles. The molecule has 1 unspecified atom stereocenters. The molecule has 8 heteroatoms. The highest BCUT2D eigenvalue weighted by Crippen LogP contribution is 2.25. The van der Waals surface area contributed by atoms with E-state index >= 15 is 0 Å². The Hall–Kier alpha value is -3.23. The SMILES string of the molecule is CC(C)C(NS(=O)(=O)c1ccc2ccccc2c1)C(=O)Nc1cccc(N2CCCC2=O)c1. The first-order valence-electron chi connectivity index (χ1n) is 11.0. The number of amides is 2. The fraction of sp³-hybridized carbons (Fsp3) is 0.280. The smallest absolute Gasteiger partial charge is 0.242 e. The van der Waals surface area contributed by atoms with Crippen LogP contribution < -0.4 is 14.9 Å². The van der Waals surface area contributed by atoms with Crippen molar-refractivity contribution >= 4 is 44.0 Å². The van der Waals surface area contributed by atoms with Crippen LogP contribution in [0.15, 0.2) is 71.6 Å². The van der Waals surface area contributed by atoms with Crippen molar-refractivity contribution in [3.8, 4) is 0 Å². The van der Waals surface area contributed by atoms with Gasteiger partial charge in [-0.25, -0.2) is 8.42 Å². The molecule has 0 bridgehead atoms. The maximum absolute atomic E-state index is 13.1. The molecule has 0 radical (unpaired) electrons. The maximum Gasteiger partial charge on any atom is 0.242 e. The van der Waals surface area contributed by atoms with E-state index in [1.54, 1.807) is 49.1 Å². The Kier molecular flexibility index (Phi) is 6.49. The quantitative estimate of drug-likeness (QED) is 0.553. The Morgan fingerprint density at radius 1 is 0.970 bits per heavy atom. The molecule has 0 aromatic heterocycles. The lowest BCUT2D eigenvalue weighted by molar-refractivity contribution is -0.118. The highest BCUT2D eigenvalue weighted by molar-refractivity contribution is 7.89. The summed E-state index contributed by atoms with van der Waals surface area (Å²) in [5.41, 5.74) is 1.22. The molecule has 7 nitrogen and oxygen atoms in total. The summed E-state index contributed by atoms with van der Waals surface area (Å²) in [7, 11) is -3.93. The minimum atomic E-state index is -3.93. The van der Waals surface area contributed by atoms with Crippen molar-refractivity contribution in [1.29, 1.82) is 0 Å². The lowest BCUT2D eigenvalue weighted by Gasteiger charge is -2.22. The van der Waals surface area contributed by atoms with Gasteiger partial charge in [-0.1, -0.05) is 50.2 Å². The molecule has 172 valence electrons. The van der Waals surface area contributed by atoms with E-state index in [-0.39, 0.29) is 16.7 Å². The summed E-state index contributed by atoms with van der Waals surface area (Å²) in [5, 5.41) is 4.54. The summed E-state index contributed by atoms with van der Waals surface area (Å²) in [4.78, 5) is 26.9. The first kappa shape index (κ1) is 22.9. The predicted octanol–water partition coefficient (Wildman–Crippen LogP) is 3.91. The zero-order chi connectivity index (χ0) is 23.6. The largest absolute Gasteiger partial charge is 0.325 e. The van der Waals surface area contributed by atoms with Crippen molar-refractivity contribution in [3.63, 3.8) is 0 Å². The molecule has 0 aliphatic carbocycles. The molecule has 1 heterocycles. The van der Waals surface area contributed by atoms with Crippen LogP contribution in [0.5, 0.6) is 0 Å². The molecule has 1 aliphatic rings. The van der Waals surface area contributed by atoms with Crippen LogP contribution in [-0.4, -0.2) is 32.8 Å². The number of nitrogens with zero attached hydrogens (tertiary/aromatic N) is 1. The molecule has 0 spiro atoms. The van der Waals surface area contributed by atoms with E-state index in [1.807, 2.05) is 30.3 Å². The van der Waals surface area contributed by atoms with Gasteiger partial charge in [0.2, 0.25) is 21.8 Å². The third kappa shape index (κ3) is 5.07. The fourth-order valence-corrected chi connectivity index (χ4v) is 5.33. The van der Waals surface area contributed by atoms with Crippen molar-refractivity contribution < 1.29 is 18.0 Å². The summed E-state index contributed by atoms with van der Waals surface area (Å²) in [6, 6.07) is 18.4. The average molecular weight is 466 g/mol. The van der Waals surface area contributed by atoms with Crippen LogP contribution in [0.2, 0.25) is 0 Å². The van der Waals surface area contributed by atoms with Crippen molar-refractivity contribution in [3.05, 3.63) is 66.7 Å². The summed E-state index contributed by atoms with van der Waals surface area (Å²) in [6.45, 7) is 4.22. The molecule has 1 aliphatic heterocycles. The minimum absolute atomic E-state index is 0.0571. The summed E-state index contributed by atoms with van der Waals surface area (Å²) in [5.74, 6) is -0.690. The second-order valence-corrected chi connectivity index (χ2v) is 10.3. The molecular weight excluding hydrogens is 438 g/mol. The molecule has 1 fully saturated rings. The highest BCUT2D eigenvalue weighted by Gasteiger charge is 2.29. The van der Waals surface area contributed by atoms with E-state index in [0.717, 1.165) is 17.2 Å². The molecule has 3 aromatic carbocycles. The summed E-state index contributed by atoms with van der Waals surface area (Å²) < 4.78 is 28.7. The number of carbonyl (C=O) groups excluding carboxylic acids is 2. The van der Waals surface area contributed by atoms with Gasteiger partial charge >= 0.3 is 0 Å². The summed E-state index contributed by atoms with van der Waals surface area (Å²) >= 11 is 0. The van der Waals surface area contributed by atoms with Crippen molar-refractivity contribution in [2.24, 2.45) is 5.92 Å². The zero-order valence-corrected chi connectivity index (χ0v) is 19.4. The van der Waals surface area contributed by atoms with E-state index in [1.165, 1.54) is 6.07 Å². The number of nitrogens with one attached hydrogen (secondary N) is 2. The fourth-order valence-electron chi connectivity index (χ4n) is 3.95. The predicted molar refractivity (Wildman–Crippen MR) is 130 cm³/mol. The third-order valence-corrected chi connectivity index (χ3v) is 7.20. The van der Waals surface area contributed by atoms with E-state index in [4.69, 9.17) is 0 Å². The highest BCUT2D eigenvalue weighted by atomic mass is 32.2. The Morgan fingerprint density at radius 2 is 1.73 bits per heavy atom. The van der Waals surface area contributed by atoms with Gasteiger partial charge in [0.05, 0.1) is 4.90 Å². The Morgan fingerprint density at radius 3 is 2.42 bits per heavy atom. The first-order chi connectivity index (χ1) is 15.7. The normalized spacial score (nSPS) is 15.2. The van der Waals surface area contributed by atoms with Crippen LogP contribution >= 0.6 is 0 Å². The molecule has 3 aromatic rings. The molecule has 1 atom stereocenters. The van der Waals surface area contributed by atoms with Gasteiger partial charge in [0.1, 0.15) is 6.04 Å². The Balaban J connectivity index is 1.53. The number of fused-ring (bicyclic) bond motifs is 1. The van der Waals surface area contributed by atoms with E-state index in [2.05, 4.69) is 10.0 Å². The third-order valence-electron chi connectivity index (χ3n) is 5.76. The number of sulfonamides is 1. The monoisotopic (exact) mass is 465 g/mol. The molecule has 33 heavy (non-hydrogen) atoms. The number of anilines is 2. The zero-order valence-electron chi connectivity index (χ0n) is 18.6. The lowest BCUT2D eigenvalue weighted by Crippen LogP contribution is -2.47. The number of hydrogen-bond acceptors (Lipinski definition) is 4. The lowest BCUT2D eigenvalue weighted by atomic mass is 10.0. The van der Waals surface area contributed by atoms with Gasteiger partial charge in [0.15, 0.2) is 0 Å². The van der Waals surface area contributed by atoms with Gasteiger partial charge in [0, 0.05) is 24.3 Å². The Bertz CT molecular complexity index is 1300. The van der Waals surface area contributed by atoms with Crippen LogP contribution in [0.3, 0.4) is 0 Å². The van der Waals surface area contributed by atoms with Crippen LogP contribution in [-0.2, 0) is 19.6 Å². The van der Waals surface area contributed by atoms with Gasteiger partial charge in [-0.2, -0.15) is 4.72 Å². The molecule has 4 rings (SSSR count). The number of rotatable bonds is 7. The van der Waals surface area contributed by atoms with Crippen molar-refractivity contribution in [2.45, 2.75) is 37.6 Å². The molecule has 0 saturated carbocycles. The van der Waals surface area contributed by atoms with Gasteiger partial charge in [-0.15, -0.1) is 0 Å². The second kappa shape index (κ2) is 9.33. The van der Waals surface area contributed by atoms with E-state index in [0.29, 0.717) is 24.3 Å². The summed E-state index contributed by atoms with van der Waals surface area (Å²) in [6.07, 6.45) is 1.32. The standard InChI is InChI=1S/C25H27N3O4S/c1-17(2)24(27-33(31,32)22-13-12-18-7-3-4-8-19(18)15-22)25(30)26-20-9-5-10-21(16-20)28-14-6-11-23(28)29/h3-5,7-10,12-13,15-17,24,27H,6,11,14H2,1-2H3,(H,26,30). The number of carbonyl (C=O) groups is 2. The van der Waals surface area contributed by atoms with Gasteiger partial charge in [0.25, 0.3) is 0 Å². The van der Waals surface area contributed by atoms with Crippen LogP contribution in [0.25, 0.3) is 10.8 Å². The van der Waals surface area contributed by atoms with Crippen LogP contribution in [0.4, 0.5) is 11.4 Å². The molecule has 2 N–H and O–H groups in total. The topological polar surface area (TPSA) is 95.6 Å². The van der Waals surface area contributed by atoms with Gasteiger partial charge in [-0.3, -0.25) is 9.59 Å².